The molecule has 7 nitrogen and oxygen atoms in total. The van der Waals surface area contributed by atoms with Crippen molar-refractivity contribution < 1.29 is 14.3 Å². The fraction of sp³-hybridized carbons (Fsp3) is 0.440. The van der Waals surface area contributed by atoms with Crippen molar-refractivity contribution in [2.45, 2.75) is 26.3 Å². The Balaban J connectivity index is 0.00000385. The molecule has 2 aromatic carbocycles. The predicted octanol–water partition coefficient (Wildman–Crippen LogP) is 3.05. The lowest BCUT2D eigenvalue weighted by atomic mass is 10.1. The summed E-state index contributed by atoms with van der Waals surface area (Å²) >= 11 is 0. The van der Waals surface area contributed by atoms with Gasteiger partial charge in [0.25, 0.3) is 0 Å². The summed E-state index contributed by atoms with van der Waals surface area (Å²) in [4.78, 5) is 16.4. The smallest absolute Gasteiger partial charge is 0.239 e. The standard InChI is InChI=1S/C25H34N4O3.HI/c1-19-8-9-22(23(14-19)32-18-21-11-13-31-17-21)15-28-25(26-2)29-16-24(30)27-12-10-20-6-4-3-5-7-20;/h3-9,14,21H,10-13,15-18H2,1-2H3,(H,27,30)(H2,26,28,29);1H. The number of aliphatic imine (C=N–C) groups is 1. The van der Waals surface area contributed by atoms with Crippen molar-refractivity contribution in [2.75, 3.05) is 40.0 Å². The number of amides is 1. The van der Waals surface area contributed by atoms with Crippen LogP contribution < -0.4 is 20.7 Å². The Morgan fingerprint density at radius 1 is 1.15 bits per heavy atom. The van der Waals surface area contributed by atoms with Crippen LogP contribution in [0.5, 0.6) is 5.75 Å². The van der Waals surface area contributed by atoms with Crippen molar-refractivity contribution in [3.63, 3.8) is 0 Å². The summed E-state index contributed by atoms with van der Waals surface area (Å²) in [7, 11) is 1.69. The molecule has 1 fully saturated rings. The number of carbonyl (C=O) groups is 1. The zero-order valence-corrected chi connectivity index (χ0v) is 21.8. The predicted molar refractivity (Wildman–Crippen MR) is 142 cm³/mol. The maximum atomic E-state index is 12.1. The third-order valence-corrected chi connectivity index (χ3v) is 5.39. The van der Waals surface area contributed by atoms with Gasteiger partial charge in [0.15, 0.2) is 5.96 Å². The highest BCUT2D eigenvalue weighted by Gasteiger charge is 2.17. The van der Waals surface area contributed by atoms with Gasteiger partial charge in [-0.1, -0.05) is 42.5 Å². The van der Waals surface area contributed by atoms with Crippen LogP contribution in [0, 0.1) is 12.8 Å². The fourth-order valence-corrected chi connectivity index (χ4v) is 3.48. The third kappa shape index (κ3) is 9.59. The van der Waals surface area contributed by atoms with Gasteiger partial charge in [0, 0.05) is 38.2 Å². The Labute approximate surface area is 213 Å². The first-order valence-corrected chi connectivity index (χ1v) is 11.2. The van der Waals surface area contributed by atoms with E-state index in [1.165, 1.54) is 5.56 Å². The van der Waals surface area contributed by atoms with Crippen LogP contribution in [0.4, 0.5) is 0 Å². The van der Waals surface area contributed by atoms with Crippen LogP contribution in [0.1, 0.15) is 23.1 Å². The van der Waals surface area contributed by atoms with Crippen LogP contribution in [0.3, 0.4) is 0 Å². The Hall–Kier alpha value is -2.33. The first-order valence-electron chi connectivity index (χ1n) is 11.2. The van der Waals surface area contributed by atoms with E-state index >= 15 is 0 Å². The summed E-state index contributed by atoms with van der Waals surface area (Å²) in [5.74, 6) is 1.82. The van der Waals surface area contributed by atoms with Gasteiger partial charge in [-0.05, 0) is 37.0 Å². The van der Waals surface area contributed by atoms with E-state index in [9.17, 15) is 4.79 Å². The van der Waals surface area contributed by atoms with E-state index in [0.717, 1.165) is 42.9 Å². The summed E-state index contributed by atoms with van der Waals surface area (Å²) in [6.45, 7) is 5.61. The van der Waals surface area contributed by atoms with E-state index in [0.29, 0.717) is 31.6 Å². The number of nitrogens with zero attached hydrogens (tertiary/aromatic N) is 1. The molecule has 0 bridgehead atoms. The molecule has 33 heavy (non-hydrogen) atoms. The van der Waals surface area contributed by atoms with Crippen molar-refractivity contribution in [3.05, 3.63) is 65.2 Å². The lowest BCUT2D eigenvalue weighted by Crippen LogP contribution is -2.43. The van der Waals surface area contributed by atoms with Gasteiger partial charge in [0.2, 0.25) is 5.91 Å². The molecular weight excluding hydrogens is 531 g/mol. The van der Waals surface area contributed by atoms with Gasteiger partial charge in [-0.3, -0.25) is 9.79 Å². The van der Waals surface area contributed by atoms with Gasteiger partial charge >= 0.3 is 0 Å². The lowest BCUT2D eigenvalue weighted by molar-refractivity contribution is -0.119. The highest BCUT2D eigenvalue weighted by Crippen LogP contribution is 2.22. The van der Waals surface area contributed by atoms with Gasteiger partial charge < -0.3 is 25.4 Å². The minimum absolute atomic E-state index is 0. The first-order chi connectivity index (χ1) is 15.6. The molecule has 1 aliphatic rings. The Kier molecular flexibility index (Phi) is 12.0. The second kappa shape index (κ2) is 14.7. The Bertz CT molecular complexity index is 886. The van der Waals surface area contributed by atoms with Crippen LogP contribution in [0.25, 0.3) is 0 Å². The number of guanidine groups is 1. The molecule has 0 aromatic heterocycles. The molecule has 0 spiro atoms. The Morgan fingerprint density at radius 2 is 1.97 bits per heavy atom. The molecule has 1 atom stereocenters. The molecule has 0 radical (unpaired) electrons. The maximum absolute atomic E-state index is 12.1. The second-order valence-electron chi connectivity index (χ2n) is 8.02. The number of carbonyl (C=O) groups excluding carboxylic acids is 1. The van der Waals surface area contributed by atoms with E-state index in [4.69, 9.17) is 9.47 Å². The maximum Gasteiger partial charge on any atom is 0.239 e. The Morgan fingerprint density at radius 3 is 2.70 bits per heavy atom. The molecule has 180 valence electrons. The van der Waals surface area contributed by atoms with Crippen molar-refractivity contribution in [1.29, 1.82) is 0 Å². The molecule has 0 saturated carbocycles. The van der Waals surface area contributed by atoms with E-state index in [-0.39, 0.29) is 36.4 Å². The van der Waals surface area contributed by atoms with Gasteiger partial charge in [-0.2, -0.15) is 0 Å². The van der Waals surface area contributed by atoms with Crippen molar-refractivity contribution in [3.8, 4) is 5.75 Å². The minimum atomic E-state index is -0.0676. The van der Waals surface area contributed by atoms with E-state index in [1.807, 2.05) is 18.2 Å². The van der Waals surface area contributed by atoms with E-state index in [2.05, 4.69) is 58.2 Å². The molecule has 8 heteroatoms. The summed E-state index contributed by atoms with van der Waals surface area (Å²) in [6, 6.07) is 16.3. The second-order valence-corrected chi connectivity index (χ2v) is 8.02. The van der Waals surface area contributed by atoms with Gasteiger partial charge in [0.05, 0.1) is 19.8 Å². The molecule has 0 aliphatic carbocycles. The molecule has 1 aliphatic heterocycles. The van der Waals surface area contributed by atoms with Crippen LogP contribution in [0.2, 0.25) is 0 Å². The van der Waals surface area contributed by atoms with Crippen LogP contribution in [-0.4, -0.2) is 51.8 Å². The zero-order valence-electron chi connectivity index (χ0n) is 19.4. The number of nitrogens with one attached hydrogen (secondary N) is 3. The topological polar surface area (TPSA) is 84.0 Å². The molecule has 3 N–H and O–H groups in total. The summed E-state index contributed by atoms with van der Waals surface area (Å²) in [5, 5.41) is 9.26. The fourth-order valence-electron chi connectivity index (χ4n) is 3.48. The number of hydrogen-bond acceptors (Lipinski definition) is 4. The van der Waals surface area contributed by atoms with Crippen molar-refractivity contribution in [1.82, 2.24) is 16.0 Å². The largest absolute Gasteiger partial charge is 0.493 e. The van der Waals surface area contributed by atoms with Crippen molar-refractivity contribution >= 4 is 35.8 Å². The average Bonchev–Trinajstić information content (AvgIpc) is 3.33. The molecule has 2 aromatic rings. The quantitative estimate of drug-likeness (QED) is 0.234. The SMILES string of the molecule is CN=C(NCC(=O)NCCc1ccccc1)NCc1ccc(C)cc1OCC1CCOC1.I. The first kappa shape index (κ1) is 26.9. The summed E-state index contributed by atoms with van der Waals surface area (Å²) < 4.78 is 11.5. The highest BCUT2D eigenvalue weighted by atomic mass is 127. The molecule has 1 saturated heterocycles. The van der Waals surface area contributed by atoms with Gasteiger partial charge in [-0.15, -0.1) is 24.0 Å². The molecular formula is C25H35IN4O3. The van der Waals surface area contributed by atoms with E-state index < -0.39 is 0 Å². The summed E-state index contributed by atoms with van der Waals surface area (Å²) in [6.07, 6.45) is 1.85. The number of hydrogen-bond donors (Lipinski definition) is 3. The average molecular weight is 566 g/mol. The third-order valence-electron chi connectivity index (χ3n) is 5.39. The van der Waals surface area contributed by atoms with E-state index in [1.54, 1.807) is 7.05 Å². The van der Waals surface area contributed by atoms with Crippen LogP contribution in [0.15, 0.2) is 53.5 Å². The van der Waals surface area contributed by atoms with Crippen molar-refractivity contribution in [2.24, 2.45) is 10.9 Å². The van der Waals surface area contributed by atoms with Crippen LogP contribution in [-0.2, 0) is 22.5 Å². The number of ether oxygens (including phenoxy) is 2. The zero-order chi connectivity index (χ0) is 22.6. The number of rotatable bonds is 10. The molecule has 1 unspecified atom stereocenters. The summed E-state index contributed by atoms with van der Waals surface area (Å²) in [5.41, 5.74) is 3.40. The number of benzene rings is 2. The molecule has 1 amide bonds. The minimum Gasteiger partial charge on any atom is -0.493 e. The molecule has 1 heterocycles. The van der Waals surface area contributed by atoms with Gasteiger partial charge in [0.1, 0.15) is 5.75 Å². The normalized spacial score (nSPS) is 15.5. The monoisotopic (exact) mass is 566 g/mol. The highest BCUT2D eigenvalue weighted by molar-refractivity contribution is 14.0. The van der Waals surface area contributed by atoms with Gasteiger partial charge in [-0.25, -0.2) is 0 Å². The number of aryl methyl sites for hydroxylation is 1. The lowest BCUT2D eigenvalue weighted by Gasteiger charge is -2.17. The molecule has 3 rings (SSSR count). The number of halogens is 1. The van der Waals surface area contributed by atoms with Crippen LogP contribution >= 0.6 is 24.0 Å².